The second-order valence-corrected chi connectivity index (χ2v) is 5.72. The molecule has 0 aliphatic heterocycles. The molecule has 0 spiro atoms. The molecule has 0 bridgehead atoms. The first kappa shape index (κ1) is 15.3. The van der Waals surface area contributed by atoms with Crippen molar-refractivity contribution in [3.05, 3.63) is 34.3 Å². The largest absolute Gasteiger partial charge is 0.389 e. The number of carbonyl (C=O) groups excluding carboxylic acids is 1. The third-order valence-corrected chi connectivity index (χ3v) is 3.70. The number of benzene rings is 1. The van der Waals surface area contributed by atoms with Gasteiger partial charge in [0, 0.05) is 23.7 Å². The Balaban J connectivity index is 1.71. The Morgan fingerprint density at radius 2 is 2.30 bits per heavy atom. The molecule has 20 heavy (non-hydrogen) atoms. The second kappa shape index (κ2) is 7.07. The van der Waals surface area contributed by atoms with Crippen LogP contribution in [0, 0.1) is 12.8 Å². The Morgan fingerprint density at radius 3 is 2.95 bits per heavy atom. The smallest absolute Gasteiger partial charge is 0.251 e. The van der Waals surface area contributed by atoms with Crippen LogP contribution in [0.2, 0.25) is 5.02 Å². The molecule has 1 aliphatic rings. The zero-order chi connectivity index (χ0) is 14.5. The molecule has 4 nitrogen and oxygen atoms in total. The Bertz CT molecular complexity index is 474. The summed E-state index contributed by atoms with van der Waals surface area (Å²) in [6, 6.07) is 5.09. The standard InChI is InChI=1S/C15H20ClNO3/c1-10-6-12(4-5-14(10)16)15(19)17-7-13(18)9-20-8-11-2-3-11/h4-6,11,13,18H,2-3,7-9H2,1H3,(H,17,19). The highest BCUT2D eigenvalue weighted by Gasteiger charge is 2.21. The van der Waals surface area contributed by atoms with Gasteiger partial charge in [-0.25, -0.2) is 0 Å². The van der Waals surface area contributed by atoms with Gasteiger partial charge in [0.2, 0.25) is 0 Å². The van der Waals surface area contributed by atoms with Crippen molar-refractivity contribution in [1.82, 2.24) is 5.32 Å². The van der Waals surface area contributed by atoms with Gasteiger partial charge in [0.1, 0.15) is 0 Å². The number of aliphatic hydroxyl groups excluding tert-OH is 1. The number of aryl methyl sites for hydroxylation is 1. The average molecular weight is 298 g/mol. The maximum atomic E-state index is 11.9. The van der Waals surface area contributed by atoms with Gasteiger partial charge in [-0.3, -0.25) is 4.79 Å². The normalized spacial score (nSPS) is 15.9. The van der Waals surface area contributed by atoms with Gasteiger partial charge >= 0.3 is 0 Å². The van der Waals surface area contributed by atoms with E-state index >= 15 is 0 Å². The summed E-state index contributed by atoms with van der Waals surface area (Å²) >= 11 is 5.91. The Hall–Kier alpha value is -1.10. The molecule has 0 heterocycles. The van der Waals surface area contributed by atoms with E-state index in [4.69, 9.17) is 16.3 Å². The summed E-state index contributed by atoms with van der Waals surface area (Å²) < 4.78 is 5.37. The predicted molar refractivity (Wildman–Crippen MR) is 78.1 cm³/mol. The molecule has 1 unspecified atom stereocenters. The van der Waals surface area contributed by atoms with E-state index in [9.17, 15) is 9.90 Å². The number of rotatable bonds is 7. The van der Waals surface area contributed by atoms with Crippen LogP contribution < -0.4 is 5.32 Å². The minimum Gasteiger partial charge on any atom is -0.389 e. The van der Waals surface area contributed by atoms with Gasteiger partial charge in [0.05, 0.1) is 12.7 Å². The molecule has 1 atom stereocenters. The highest BCUT2D eigenvalue weighted by molar-refractivity contribution is 6.31. The second-order valence-electron chi connectivity index (χ2n) is 5.31. The molecule has 0 radical (unpaired) electrons. The number of hydrogen-bond acceptors (Lipinski definition) is 3. The van der Waals surface area contributed by atoms with Crippen LogP contribution in [0.15, 0.2) is 18.2 Å². The van der Waals surface area contributed by atoms with Crippen molar-refractivity contribution < 1.29 is 14.6 Å². The van der Waals surface area contributed by atoms with Gasteiger partial charge in [0.15, 0.2) is 0 Å². The first-order valence-corrected chi connectivity index (χ1v) is 7.24. The third kappa shape index (κ3) is 4.78. The highest BCUT2D eigenvalue weighted by atomic mass is 35.5. The number of halogens is 1. The van der Waals surface area contributed by atoms with Crippen molar-refractivity contribution in [3.63, 3.8) is 0 Å². The van der Waals surface area contributed by atoms with Gasteiger partial charge in [-0.05, 0) is 49.4 Å². The lowest BCUT2D eigenvalue weighted by molar-refractivity contribution is 0.0320. The molecule has 2 N–H and O–H groups in total. The Labute approximate surface area is 124 Å². The van der Waals surface area contributed by atoms with Crippen LogP contribution in [0.5, 0.6) is 0 Å². The van der Waals surface area contributed by atoms with Crippen molar-refractivity contribution in [3.8, 4) is 0 Å². The minimum absolute atomic E-state index is 0.186. The minimum atomic E-state index is -0.675. The van der Waals surface area contributed by atoms with Crippen molar-refractivity contribution in [2.45, 2.75) is 25.9 Å². The maximum absolute atomic E-state index is 11.9. The van der Waals surface area contributed by atoms with Gasteiger partial charge in [-0.2, -0.15) is 0 Å². The lowest BCUT2D eigenvalue weighted by atomic mass is 10.1. The van der Waals surface area contributed by atoms with E-state index in [0.29, 0.717) is 23.1 Å². The monoisotopic (exact) mass is 297 g/mol. The lowest BCUT2D eigenvalue weighted by Gasteiger charge is -2.12. The fraction of sp³-hybridized carbons (Fsp3) is 0.533. The summed E-state index contributed by atoms with van der Waals surface area (Å²) in [5, 5.41) is 13.0. The maximum Gasteiger partial charge on any atom is 0.251 e. The lowest BCUT2D eigenvalue weighted by Crippen LogP contribution is -2.34. The summed E-state index contributed by atoms with van der Waals surface area (Å²) in [6.45, 7) is 3.00. The van der Waals surface area contributed by atoms with E-state index in [0.717, 1.165) is 5.56 Å². The van der Waals surface area contributed by atoms with Crippen LogP contribution in [0.4, 0.5) is 0 Å². The van der Waals surface area contributed by atoms with Crippen LogP contribution in [0.3, 0.4) is 0 Å². The molecule has 1 aromatic rings. The third-order valence-electron chi connectivity index (χ3n) is 3.28. The molecule has 1 amide bonds. The van der Waals surface area contributed by atoms with Crippen LogP contribution in [0.25, 0.3) is 0 Å². The van der Waals surface area contributed by atoms with E-state index in [1.165, 1.54) is 12.8 Å². The fourth-order valence-electron chi connectivity index (χ4n) is 1.81. The number of carbonyl (C=O) groups is 1. The van der Waals surface area contributed by atoms with Gasteiger partial charge in [0.25, 0.3) is 5.91 Å². The molecular weight excluding hydrogens is 278 g/mol. The first-order valence-electron chi connectivity index (χ1n) is 6.86. The Morgan fingerprint density at radius 1 is 1.55 bits per heavy atom. The molecule has 1 fully saturated rings. The van der Waals surface area contributed by atoms with Crippen molar-refractivity contribution in [2.75, 3.05) is 19.8 Å². The topological polar surface area (TPSA) is 58.6 Å². The number of amides is 1. The summed E-state index contributed by atoms with van der Waals surface area (Å²) in [6.07, 6.45) is 1.77. The van der Waals surface area contributed by atoms with Crippen molar-refractivity contribution in [2.24, 2.45) is 5.92 Å². The van der Waals surface area contributed by atoms with E-state index < -0.39 is 6.10 Å². The summed E-state index contributed by atoms with van der Waals surface area (Å²) in [5.74, 6) is 0.458. The number of hydrogen-bond donors (Lipinski definition) is 2. The molecular formula is C15H20ClNO3. The van der Waals surface area contributed by atoms with Crippen LogP contribution in [-0.4, -0.2) is 36.9 Å². The first-order chi connectivity index (χ1) is 9.56. The average Bonchev–Trinajstić information content (AvgIpc) is 3.23. The van der Waals surface area contributed by atoms with Crippen LogP contribution in [-0.2, 0) is 4.74 Å². The van der Waals surface area contributed by atoms with Crippen molar-refractivity contribution in [1.29, 1.82) is 0 Å². The molecule has 5 heteroatoms. The van der Waals surface area contributed by atoms with Gasteiger partial charge in [-0.1, -0.05) is 11.6 Å². The zero-order valence-electron chi connectivity index (χ0n) is 11.6. The number of nitrogens with one attached hydrogen (secondary N) is 1. The van der Waals surface area contributed by atoms with E-state index in [1.807, 2.05) is 6.92 Å². The molecule has 1 saturated carbocycles. The quantitative estimate of drug-likeness (QED) is 0.811. The molecule has 110 valence electrons. The van der Waals surface area contributed by atoms with Crippen LogP contribution in [0.1, 0.15) is 28.8 Å². The predicted octanol–water partition coefficient (Wildman–Crippen LogP) is 2.17. The summed E-state index contributed by atoms with van der Waals surface area (Å²) in [5.41, 5.74) is 1.39. The van der Waals surface area contributed by atoms with E-state index in [2.05, 4.69) is 5.32 Å². The number of aliphatic hydroxyl groups is 1. The van der Waals surface area contributed by atoms with Gasteiger partial charge < -0.3 is 15.2 Å². The molecule has 0 saturated heterocycles. The summed E-state index contributed by atoms with van der Waals surface area (Å²) in [4.78, 5) is 11.9. The number of ether oxygens (including phenoxy) is 1. The zero-order valence-corrected chi connectivity index (χ0v) is 12.3. The molecule has 1 aliphatic carbocycles. The van der Waals surface area contributed by atoms with Gasteiger partial charge in [-0.15, -0.1) is 0 Å². The van der Waals surface area contributed by atoms with Crippen LogP contribution >= 0.6 is 11.6 Å². The molecule has 2 rings (SSSR count). The molecule has 1 aromatic carbocycles. The Kier molecular flexibility index (Phi) is 5.40. The highest BCUT2D eigenvalue weighted by Crippen LogP contribution is 2.28. The fourth-order valence-corrected chi connectivity index (χ4v) is 1.93. The van der Waals surface area contributed by atoms with E-state index in [1.54, 1.807) is 18.2 Å². The summed E-state index contributed by atoms with van der Waals surface area (Å²) in [7, 11) is 0. The van der Waals surface area contributed by atoms with Crippen molar-refractivity contribution >= 4 is 17.5 Å². The van der Waals surface area contributed by atoms with E-state index in [-0.39, 0.29) is 19.1 Å². The molecule has 0 aromatic heterocycles. The SMILES string of the molecule is Cc1cc(C(=O)NCC(O)COCC2CC2)ccc1Cl.